The SMILES string of the molecule is COC(=O)c1ccc(NC(=S)Nc2ccc(S(=O)(=O)Nc3cc(C)on3)cc2)cc1. The molecule has 0 aliphatic carbocycles. The molecule has 156 valence electrons. The molecular formula is C19H18N4O5S2. The Bertz CT molecular complexity index is 1160. The molecule has 0 fully saturated rings. The van der Waals surface area contributed by atoms with E-state index in [1.165, 1.54) is 25.3 Å². The maximum atomic E-state index is 12.4. The van der Waals surface area contributed by atoms with E-state index in [0.29, 0.717) is 27.8 Å². The zero-order chi connectivity index (χ0) is 21.7. The Morgan fingerprint density at radius 3 is 2.10 bits per heavy atom. The van der Waals surface area contributed by atoms with Crippen LogP contribution in [0.2, 0.25) is 0 Å². The molecule has 0 unspecified atom stereocenters. The highest BCUT2D eigenvalue weighted by atomic mass is 32.2. The number of benzene rings is 2. The second-order valence-electron chi connectivity index (χ2n) is 6.10. The van der Waals surface area contributed by atoms with Gasteiger partial charge in [-0.15, -0.1) is 0 Å². The molecule has 3 aromatic rings. The molecule has 0 bridgehead atoms. The molecule has 0 aliphatic rings. The third-order valence-corrected chi connectivity index (χ3v) is 5.43. The summed E-state index contributed by atoms with van der Waals surface area (Å²) < 4.78 is 36.6. The predicted octanol–water partition coefficient (Wildman–Crippen LogP) is 3.38. The summed E-state index contributed by atoms with van der Waals surface area (Å²) in [5, 5.41) is 9.84. The van der Waals surface area contributed by atoms with Crippen molar-refractivity contribution in [2.24, 2.45) is 0 Å². The van der Waals surface area contributed by atoms with Gasteiger partial charge in [-0.05, 0) is 67.7 Å². The minimum absolute atomic E-state index is 0.0611. The maximum Gasteiger partial charge on any atom is 0.337 e. The number of hydrogen-bond acceptors (Lipinski definition) is 7. The van der Waals surface area contributed by atoms with E-state index in [2.05, 4.69) is 25.2 Å². The number of ether oxygens (including phenoxy) is 1. The smallest absolute Gasteiger partial charge is 0.337 e. The van der Waals surface area contributed by atoms with Gasteiger partial charge in [-0.1, -0.05) is 5.16 Å². The second-order valence-corrected chi connectivity index (χ2v) is 8.19. The number of methoxy groups -OCH3 is 1. The van der Waals surface area contributed by atoms with Crippen LogP contribution in [0.5, 0.6) is 0 Å². The molecule has 0 saturated heterocycles. The lowest BCUT2D eigenvalue weighted by atomic mass is 10.2. The number of hydrogen-bond donors (Lipinski definition) is 3. The van der Waals surface area contributed by atoms with Crippen molar-refractivity contribution in [1.29, 1.82) is 0 Å². The first-order valence-corrected chi connectivity index (χ1v) is 10.5. The molecule has 30 heavy (non-hydrogen) atoms. The molecule has 9 nitrogen and oxygen atoms in total. The molecule has 1 heterocycles. The lowest BCUT2D eigenvalue weighted by molar-refractivity contribution is 0.0600. The number of thiocarbonyl (C=S) groups is 1. The standard InChI is InChI=1S/C19H18N4O5S2/c1-12-11-17(22-28-12)23-30(25,26)16-9-7-15(8-10-16)21-19(29)20-14-5-3-13(4-6-14)18(24)27-2/h3-11H,1-2H3,(H,22,23)(H2,20,21,29). The number of aromatic nitrogens is 1. The van der Waals surface area contributed by atoms with Crippen LogP contribution in [0.3, 0.4) is 0 Å². The Labute approximate surface area is 178 Å². The number of sulfonamides is 1. The normalized spacial score (nSPS) is 10.9. The minimum Gasteiger partial charge on any atom is -0.465 e. The van der Waals surface area contributed by atoms with Crippen molar-refractivity contribution in [2.45, 2.75) is 11.8 Å². The van der Waals surface area contributed by atoms with Crippen molar-refractivity contribution in [1.82, 2.24) is 5.16 Å². The minimum atomic E-state index is -3.79. The van der Waals surface area contributed by atoms with E-state index in [9.17, 15) is 13.2 Å². The van der Waals surface area contributed by atoms with Gasteiger partial charge in [0.25, 0.3) is 10.0 Å². The highest BCUT2D eigenvalue weighted by Crippen LogP contribution is 2.18. The summed E-state index contributed by atoms with van der Waals surface area (Å²) in [6.07, 6.45) is 0. The molecule has 3 N–H and O–H groups in total. The fourth-order valence-electron chi connectivity index (χ4n) is 2.43. The Kier molecular flexibility index (Phi) is 6.33. The number of carbonyl (C=O) groups is 1. The van der Waals surface area contributed by atoms with Crippen LogP contribution in [0.15, 0.2) is 64.0 Å². The van der Waals surface area contributed by atoms with Crippen molar-refractivity contribution < 1.29 is 22.5 Å². The fourth-order valence-corrected chi connectivity index (χ4v) is 3.65. The topological polar surface area (TPSA) is 123 Å². The molecular weight excluding hydrogens is 428 g/mol. The average molecular weight is 447 g/mol. The van der Waals surface area contributed by atoms with Gasteiger partial charge in [-0.25, -0.2) is 13.2 Å². The zero-order valence-electron chi connectivity index (χ0n) is 16.0. The molecule has 0 atom stereocenters. The van der Waals surface area contributed by atoms with Gasteiger partial charge >= 0.3 is 5.97 Å². The van der Waals surface area contributed by atoms with Gasteiger partial charge in [0.1, 0.15) is 5.76 Å². The fraction of sp³-hybridized carbons (Fsp3) is 0.105. The number of carbonyl (C=O) groups excluding carboxylic acids is 1. The predicted molar refractivity (Wildman–Crippen MR) is 116 cm³/mol. The van der Waals surface area contributed by atoms with Gasteiger partial charge < -0.3 is 19.9 Å². The van der Waals surface area contributed by atoms with Crippen LogP contribution in [0.4, 0.5) is 17.2 Å². The number of aryl methyl sites for hydroxylation is 1. The number of anilines is 3. The van der Waals surface area contributed by atoms with Crippen LogP contribution in [0, 0.1) is 6.92 Å². The quantitative estimate of drug-likeness (QED) is 0.386. The third kappa shape index (κ3) is 5.33. The molecule has 3 rings (SSSR count). The van der Waals surface area contributed by atoms with Crippen LogP contribution in [0.25, 0.3) is 0 Å². The van der Waals surface area contributed by atoms with Crippen LogP contribution in [0.1, 0.15) is 16.1 Å². The highest BCUT2D eigenvalue weighted by Gasteiger charge is 2.16. The Morgan fingerprint density at radius 2 is 1.60 bits per heavy atom. The summed E-state index contributed by atoms with van der Waals surface area (Å²) in [6, 6.07) is 14.1. The molecule has 2 aromatic carbocycles. The van der Waals surface area contributed by atoms with Crippen molar-refractivity contribution >= 4 is 50.5 Å². The molecule has 0 amide bonds. The summed E-state index contributed by atoms with van der Waals surface area (Å²) in [7, 11) is -2.48. The number of nitrogens with one attached hydrogen (secondary N) is 3. The molecule has 0 saturated carbocycles. The monoisotopic (exact) mass is 446 g/mol. The summed E-state index contributed by atoms with van der Waals surface area (Å²) >= 11 is 5.26. The average Bonchev–Trinajstić information content (AvgIpc) is 3.12. The molecule has 0 spiro atoms. The van der Waals surface area contributed by atoms with Crippen molar-refractivity contribution in [3.05, 3.63) is 65.9 Å². The van der Waals surface area contributed by atoms with Crippen molar-refractivity contribution in [2.75, 3.05) is 22.5 Å². The van der Waals surface area contributed by atoms with Gasteiger partial charge in [-0.3, -0.25) is 4.72 Å². The first-order valence-electron chi connectivity index (χ1n) is 8.59. The van der Waals surface area contributed by atoms with Gasteiger partial charge in [0.15, 0.2) is 10.9 Å². The first-order chi connectivity index (χ1) is 14.3. The summed E-state index contributed by atoms with van der Waals surface area (Å²) in [4.78, 5) is 11.5. The van der Waals surface area contributed by atoms with Crippen molar-refractivity contribution in [3.8, 4) is 0 Å². The van der Waals surface area contributed by atoms with Crippen LogP contribution in [-0.2, 0) is 14.8 Å². The van der Waals surface area contributed by atoms with Crippen molar-refractivity contribution in [3.63, 3.8) is 0 Å². The van der Waals surface area contributed by atoms with E-state index in [-0.39, 0.29) is 10.7 Å². The second kappa shape index (κ2) is 8.93. The summed E-state index contributed by atoms with van der Waals surface area (Å²) in [6.45, 7) is 1.66. The molecule has 11 heteroatoms. The van der Waals surface area contributed by atoms with Crippen LogP contribution >= 0.6 is 12.2 Å². The van der Waals surface area contributed by atoms with E-state index in [1.807, 2.05) is 0 Å². The number of esters is 1. The Hall–Kier alpha value is -3.44. The van der Waals surface area contributed by atoms with Gasteiger partial charge in [0.05, 0.1) is 17.6 Å². The van der Waals surface area contributed by atoms with E-state index in [4.69, 9.17) is 16.7 Å². The van der Waals surface area contributed by atoms with E-state index >= 15 is 0 Å². The third-order valence-electron chi connectivity index (χ3n) is 3.85. The van der Waals surface area contributed by atoms with Crippen LogP contribution in [-0.4, -0.2) is 31.8 Å². The van der Waals surface area contributed by atoms with E-state index in [0.717, 1.165) is 0 Å². The Morgan fingerprint density at radius 1 is 1.03 bits per heavy atom. The molecule has 0 aliphatic heterocycles. The van der Waals surface area contributed by atoms with E-state index < -0.39 is 16.0 Å². The number of rotatable bonds is 6. The Balaban J connectivity index is 1.61. The lowest BCUT2D eigenvalue weighted by Gasteiger charge is -2.11. The molecule has 1 aromatic heterocycles. The van der Waals surface area contributed by atoms with Gasteiger partial charge in [-0.2, -0.15) is 0 Å². The first kappa shape index (κ1) is 21.3. The van der Waals surface area contributed by atoms with Gasteiger partial charge in [0, 0.05) is 17.4 Å². The number of nitrogens with zero attached hydrogens (tertiary/aromatic N) is 1. The van der Waals surface area contributed by atoms with Crippen LogP contribution < -0.4 is 15.4 Å². The molecule has 0 radical (unpaired) electrons. The summed E-state index contributed by atoms with van der Waals surface area (Å²) in [5.74, 6) is 0.178. The highest BCUT2D eigenvalue weighted by molar-refractivity contribution is 7.92. The largest absolute Gasteiger partial charge is 0.465 e. The summed E-state index contributed by atoms with van der Waals surface area (Å²) in [5.41, 5.74) is 1.69. The zero-order valence-corrected chi connectivity index (χ0v) is 17.6. The van der Waals surface area contributed by atoms with E-state index in [1.54, 1.807) is 43.3 Å². The lowest BCUT2D eigenvalue weighted by Crippen LogP contribution is -2.19. The van der Waals surface area contributed by atoms with Gasteiger partial charge in [0.2, 0.25) is 0 Å². The maximum absolute atomic E-state index is 12.4.